The Morgan fingerprint density at radius 3 is 2.82 bits per heavy atom. The molecule has 28 heavy (non-hydrogen) atoms. The van der Waals surface area contributed by atoms with Crippen LogP contribution in [0.2, 0.25) is 0 Å². The van der Waals surface area contributed by atoms with Crippen molar-refractivity contribution >= 4 is 28.8 Å². The minimum atomic E-state index is 0.0524. The average molecular weight is 398 g/mol. The van der Waals surface area contributed by atoms with Crippen molar-refractivity contribution in [2.75, 3.05) is 26.5 Å². The molecule has 1 fully saturated rings. The molecule has 0 bridgehead atoms. The maximum Gasteiger partial charge on any atom is 0.257 e. The van der Waals surface area contributed by atoms with Crippen molar-refractivity contribution in [3.63, 3.8) is 0 Å². The third-order valence-corrected chi connectivity index (χ3v) is 5.77. The van der Waals surface area contributed by atoms with E-state index in [4.69, 9.17) is 13.9 Å². The monoisotopic (exact) mass is 398 g/mol. The molecule has 3 aromatic rings. The van der Waals surface area contributed by atoms with Crippen LogP contribution < -0.4 is 9.47 Å². The molecular weight excluding hydrogens is 376 g/mol. The zero-order valence-corrected chi connectivity index (χ0v) is 16.7. The molecule has 0 saturated carbocycles. The molecule has 146 valence electrons. The van der Waals surface area contributed by atoms with Crippen LogP contribution in [0.4, 0.5) is 0 Å². The first kappa shape index (κ1) is 18.7. The number of methoxy groups -OCH3 is 2. The maximum absolute atomic E-state index is 12.9. The van der Waals surface area contributed by atoms with Gasteiger partial charge >= 0.3 is 0 Å². The quantitative estimate of drug-likeness (QED) is 0.577. The molecule has 1 aromatic heterocycles. The van der Waals surface area contributed by atoms with E-state index in [2.05, 4.69) is 4.98 Å². The molecule has 1 aliphatic heterocycles. The molecule has 1 aliphatic rings. The Morgan fingerprint density at radius 2 is 2.04 bits per heavy atom. The molecule has 7 heteroatoms. The van der Waals surface area contributed by atoms with E-state index >= 15 is 0 Å². The Balaban J connectivity index is 1.46. The van der Waals surface area contributed by atoms with Gasteiger partial charge in [-0.2, -0.15) is 0 Å². The number of carbonyl (C=O) groups excluding carboxylic acids is 1. The van der Waals surface area contributed by atoms with Crippen LogP contribution in [0.15, 0.2) is 52.1 Å². The van der Waals surface area contributed by atoms with Gasteiger partial charge in [0.25, 0.3) is 5.22 Å². The molecule has 2 heterocycles. The van der Waals surface area contributed by atoms with Crippen LogP contribution in [-0.2, 0) is 4.79 Å². The number of hydrogen-bond acceptors (Lipinski definition) is 6. The number of nitrogens with zero attached hydrogens (tertiary/aromatic N) is 2. The van der Waals surface area contributed by atoms with E-state index in [1.807, 2.05) is 47.4 Å². The number of fused-ring (bicyclic) bond motifs is 1. The number of ether oxygens (including phenoxy) is 2. The van der Waals surface area contributed by atoms with Gasteiger partial charge in [0, 0.05) is 6.54 Å². The number of rotatable bonds is 6. The molecule has 0 N–H and O–H groups in total. The van der Waals surface area contributed by atoms with Gasteiger partial charge in [-0.25, -0.2) is 4.98 Å². The van der Waals surface area contributed by atoms with E-state index in [0.717, 1.165) is 36.0 Å². The first-order valence-corrected chi connectivity index (χ1v) is 10.2. The van der Waals surface area contributed by atoms with Crippen molar-refractivity contribution in [1.29, 1.82) is 0 Å². The van der Waals surface area contributed by atoms with Gasteiger partial charge in [-0.1, -0.05) is 30.0 Å². The van der Waals surface area contributed by atoms with Gasteiger partial charge in [-0.15, -0.1) is 0 Å². The summed E-state index contributed by atoms with van der Waals surface area (Å²) in [7, 11) is 3.24. The fourth-order valence-corrected chi connectivity index (χ4v) is 4.32. The number of para-hydroxylation sites is 2. The van der Waals surface area contributed by atoms with Gasteiger partial charge < -0.3 is 18.8 Å². The van der Waals surface area contributed by atoms with Gasteiger partial charge in [0.1, 0.15) is 5.52 Å². The Kier molecular flexibility index (Phi) is 5.43. The van der Waals surface area contributed by atoms with Crippen LogP contribution in [-0.4, -0.2) is 42.3 Å². The van der Waals surface area contributed by atoms with Crippen LogP contribution in [0.1, 0.15) is 24.4 Å². The predicted molar refractivity (Wildman–Crippen MR) is 108 cm³/mol. The number of amides is 1. The SMILES string of the molecule is COc1ccc(C2CCCN2C(=O)CSc2nc3ccccc3o2)cc1OC. The molecule has 1 saturated heterocycles. The second-order valence-corrected chi connectivity index (χ2v) is 7.52. The largest absolute Gasteiger partial charge is 0.493 e. The summed E-state index contributed by atoms with van der Waals surface area (Å²) in [5.41, 5.74) is 2.61. The minimum absolute atomic E-state index is 0.0524. The predicted octanol–water partition coefficient (Wildman–Crippen LogP) is 4.30. The van der Waals surface area contributed by atoms with Gasteiger partial charge in [0.2, 0.25) is 5.91 Å². The highest BCUT2D eigenvalue weighted by atomic mass is 32.2. The van der Waals surface area contributed by atoms with E-state index in [0.29, 0.717) is 22.5 Å². The molecule has 1 unspecified atom stereocenters. The van der Waals surface area contributed by atoms with Crippen molar-refractivity contribution in [2.24, 2.45) is 0 Å². The smallest absolute Gasteiger partial charge is 0.257 e. The van der Waals surface area contributed by atoms with Crippen molar-refractivity contribution < 1.29 is 18.7 Å². The molecule has 6 nitrogen and oxygen atoms in total. The Labute approximate surface area is 167 Å². The highest BCUT2D eigenvalue weighted by Crippen LogP contribution is 2.37. The second-order valence-electron chi connectivity index (χ2n) is 6.60. The number of likely N-dealkylation sites (tertiary alicyclic amines) is 1. The number of thioether (sulfide) groups is 1. The summed E-state index contributed by atoms with van der Waals surface area (Å²) in [5, 5.41) is 0.524. The average Bonchev–Trinajstić information content (AvgIpc) is 3.38. The number of oxazole rings is 1. The number of carbonyl (C=O) groups is 1. The van der Waals surface area contributed by atoms with Crippen LogP contribution >= 0.6 is 11.8 Å². The topological polar surface area (TPSA) is 64.8 Å². The Bertz CT molecular complexity index is 954. The molecule has 4 rings (SSSR count). The fourth-order valence-electron chi connectivity index (χ4n) is 3.59. The molecule has 0 aliphatic carbocycles. The van der Waals surface area contributed by atoms with Crippen molar-refractivity contribution in [3.8, 4) is 11.5 Å². The van der Waals surface area contributed by atoms with Gasteiger partial charge in [-0.3, -0.25) is 4.79 Å². The third kappa shape index (κ3) is 3.67. The van der Waals surface area contributed by atoms with Crippen molar-refractivity contribution in [1.82, 2.24) is 9.88 Å². The summed E-state index contributed by atoms with van der Waals surface area (Å²) in [6.45, 7) is 0.756. The van der Waals surface area contributed by atoms with Crippen LogP contribution in [0.5, 0.6) is 11.5 Å². The zero-order valence-electron chi connectivity index (χ0n) is 15.9. The standard InChI is InChI=1S/C21H22N2O4S/c1-25-18-10-9-14(12-19(18)26-2)16-7-5-11-23(16)20(24)13-28-21-22-15-6-3-4-8-17(15)27-21/h3-4,6,8-10,12,16H,5,7,11,13H2,1-2H3. The summed E-state index contributed by atoms with van der Waals surface area (Å²) in [6.07, 6.45) is 1.92. The summed E-state index contributed by atoms with van der Waals surface area (Å²) in [5.74, 6) is 1.76. The Morgan fingerprint density at radius 1 is 1.21 bits per heavy atom. The first-order valence-electron chi connectivity index (χ1n) is 9.19. The van der Waals surface area contributed by atoms with Crippen LogP contribution in [0.25, 0.3) is 11.1 Å². The fraction of sp³-hybridized carbons (Fsp3) is 0.333. The molecule has 0 radical (unpaired) electrons. The van der Waals surface area contributed by atoms with Gasteiger partial charge in [0.05, 0.1) is 26.0 Å². The lowest BCUT2D eigenvalue weighted by Gasteiger charge is -2.25. The molecule has 2 aromatic carbocycles. The second kappa shape index (κ2) is 8.14. The summed E-state index contributed by atoms with van der Waals surface area (Å²) in [6, 6.07) is 13.5. The molecule has 1 atom stereocenters. The van der Waals surface area contributed by atoms with E-state index < -0.39 is 0 Å². The lowest BCUT2D eigenvalue weighted by Crippen LogP contribution is -2.32. The molecular formula is C21H22N2O4S. The zero-order chi connectivity index (χ0) is 19.5. The summed E-state index contributed by atoms with van der Waals surface area (Å²) < 4.78 is 16.4. The van der Waals surface area contributed by atoms with Gasteiger partial charge in [0.15, 0.2) is 17.1 Å². The highest BCUT2D eigenvalue weighted by molar-refractivity contribution is 7.99. The number of hydrogen-bond donors (Lipinski definition) is 0. The number of aromatic nitrogens is 1. The molecule has 0 spiro atoms. The Hall–Kier alpha value is -2.67. The number of benzene rings is 2. The third-order valence-electron chi connectivity index (χ3n) is 4.96. The van der Waals surface area contributed by atoms with E-state index in [1.54, 1.807) is 14.2 Å². The highest BCUT2D eigenvalue weighted by Gasteiger charge is 2.30. The van der Waals surface area contributed by atoms with Crippen molar-refractivity contribution in [2.45, 2.75) is 24.1 Å². The lowest BCUT2D eigenvalue weighted by molar-refractivity contribution is -0.129. The van der Waals surface area contributed by atoms with E-state index in [1.165, 1.54) is 11.8 Å². The molecule has 1 amide bonds. The first-order chi connectivity index (χ1) is 13.7. The van der Waals surface area contributed by atoms with Gasteiger partial charge in [-0.05, 0) is 42.7 Å². The van der Waals surface area contributed by atoms with E-state index in [9.17, 15) is 4.79 Å². The van der Waals surface area contributed by atoms with Crippen LogP contribution in [0.3, 0.4) is 0 Å². The van der Waals surface area contributed by atoms with Crippen molar-refractivity contribution in [3.05, 3.63) is 48.0 Å². The summed E-state index contributed by atoms with van der Waals surface area (Å²) in [4.78, 5) is 19.2. The minimum Gasteiger partial charge on any atom is -0.493 e. The maximum atomic E-state index is 12.9. The lowest BCUT2D eigenvalue weighted by atomic mass is 10.0. The van der Waals surface area contributed by atoms with Crippen LogP contribution in [0, 0.1) is 0 Å². The normalized spacial score (nSPS) is 16.5. The summed E-state index contributed by atoms with van der Waals surface area (Å²) >= 11 is 1.34. The van der Waals surface area contributed by atoms with E-state index in [-0.39, 0.29) is 11.9 Å².